The summed E-state index contributed by atoms with van der Waals surface area (Å²) in [7, 11) is 0. The number of Topliss-reactive ketones (excluding diaryl/α,β-unsaturated/α-hetero) is 1. The van der Waals surface area contributed by atoms with Crippen molar-refractivity contribution in [1.82, 2.24) is 4.90 Å². The van der Waals surface area contributed by atoms with Crippen LogP contribution >= 0.6 is 0 Å². The number of carbonyl (C=O) groups excluding carboxylic acids is 2. The van der Waals surface area contributed by atoms with E-state index >= 15 is 0 Å². The van der Waals surface area contributed by atoms with Gasteiger partial charge in [0.1, 0.15) is 5.54 Å². The summed E-state index contributed by atoms with van der Waals surface area (Å²) in [6.45, 7) is 8.07. The molecule has 5 rings (SSSR count). The second kappa shape index (κ2) is 5.25. The van der Waals surface area contributed by atoms with Crippen LogP contribution in [0.25, 0.3) is 0 Å². The summed E-state index contributed by atoms with van der Waals surface area (Å²) in [6, 6.07) is 0.132. The van der Waals surface area contributed by atoms with Gasteiger partial charge in [0.15, 0.2) is 5.78 Å². The van der Waals surface area contributed by atoms with Crippen LogP contribution in [0.2, 0.25) is 0 Å². The smallest absolute Gasteiger partial charge is 0.220 e. The number of allylic oxidation sites excluding steroid dienone is 1. The number of ketones is 1. The molecular formula is C23H33NO3. The molecule has 4 nitrogen and oxygen atoms in total. The first kappa shape index (κ1) is 17.9. The number of rotatable bonds is 1. The van der Waals surface area contributed by atoms with Crippen LogP contribution in [0.1, 0.15) is 72.6 Å². The van der Waals surface area contributed by atoms with E-state index in [1.807, 2.05) is 4.90 Å². The molecule has 0 bridgehead atoms. The normalized spacial score (nSPS) is 52.9. The minimum Gasteiger partial charge on any atom is -0.393 e. The molecule has 0 aromatic rings. The third-order valence-corrected chi connectivity index (χ3v) is 9.80. The van der Waals surface area contributed by atoms with Gasteiger partial charge in [0.2, 0.25) is 5.91 Å². The molecule has 4 aliphatic carbocycles. The van der Waals surface area contributed by atoms with E-state index in [1.54, 1.807) is 13.8 Å². The molecule has 1 heterocycles. The zero-order chi connectivity index (χ0) is 19.4. The Balaban J connectivity index is 1.52. The number of aliphatic hydroxyl groups is 1. The van der Waals surface area contributed by atoms with Crippen molar-refractivity contribution in [2.45, 2.75) is 90.3 Å². The van der Waals surface area contributed by atoms with Gasteiger partial charge in [-0.05, 0) is 75.0 Å². The maximum absolute atomic E-state index is 12.8. The number of hydrogen-bond acceptors (Lipinski definition) is 3. The van der Waals surface area contributed by atoms with Crippen LogP contribution in [-0.2, 0) is 9.59 Å². The molecule has 0 aromatic carbocycles. The van der Waals surface area contributed by atoms with Gasteiger partial charge in [-0.15, -0.1) is 0 Å². The van der Waals surface area contributed by atoms with Crippen molar-refractivity contribution in [1.29, 1.82) is 0 Å². The molecule has 3 saturated carbocycles. The number of amides is 1. The first-order valence-electron chi connectivity index (χ1n) is 10.9. The highest BCUT2D eigenvalue weighted by Crippen LogP contribution is 2.74. The Hall–Kier alpha value is -1.16. The van der Waals surface area contributed by atoms with Gasteiger partial charge < -0.3 is 10.0 Å². The van der Waals surface area contributed by atoms with Crippen molar-refractivity contribution in [3.8, 4) is 0 Å². The molecule has 1 amide bonds. The lowest BCUT2D eigenvalue weighted by Gasteiger charge is -2.58. The average molecular weight is 372 g/mol. The van der Waals surface area contributed by atoms with Crippen LogP contribution in [0.5, 0.6) is 0 Å². The Labute approximate surface area is 162 Å². The maximum atomic E-state index is 12.8. The minimum absolute atomic E-state index is 0.0658. The van der Waals surface area contributed by atoms with Gasteiger partial charge in [0, 0.05) is 12.3 Å². The summed E-state index contributed by atoms with van der Waals surface area (Å²) in [5.41, 5.74) is 1.11. The molecule has 0 radical (unpaired) electrons. The summed E-state index contributed by atoms with van der Waals surface area (Å²) < 4.78 is 0. The summed E-state index contributed by atoms with van der Waals surface area (Å²) in [5, 5.41) is 10.2. The van der Waals surface area contributed by atoms with Crippen LogP contribution in [0.3, 0.4) is 0 Å². The van der Waals surface area contributed by atoms with Crippen LogP contribution in [0.15, 0.2) is 11.6 Å². The Morgan fingerprint density at radius 1 is 1.15 bits per heavy atom. The molecule has 148 valence electrons. The van der Waals surface area contributed by atoms with Crippen molar-refractivity contribution in [2.24, 2.45) is 28.6 Å². The number of carbonyl (C=O) groups is 2. The molecule has 5 aliphatic rings. The lowest BCUT2D eigenvalue weighted by atomic mass is 9.46. The minimum atomic E-state index is -0.526. The van der Waals surface area contributed by atoms with E-state index in [4.69, 9.17) is 0 Å². The van der Waals surface area contributed by atoms with Crippen molar-refractivity contribution in [2.75, 3.05) is 0 Å². The Kier molecular flexibility index (Phi) is 3.48. The lowest BCUT2D eigenvalue weighted by Crippen LogP contribution is -2.56. The number of piperidine rings is 1. The number of fused-ring (bicyclic) bond motifs is 7. The van der Waals surface area contributed by atoms with E-state index in [-0.39, 0.29) is 34.7 Å². The SMILES string of the molecule is CC(=O)N1[C@@H]2C[C@@H]3[C@@H]4CC=C5C[C@@H](O)CC[C@]5(C)[C@H]4CC[C@]3(C)[C@@]21C(C)=O. The maximum Gasteiger partial charge on any atom is 0.220 e. The van der Waals surface area contributed by atoms with E-state index < -0.39 is 5.54 Å². The van der Waals surface area contributed by atoms with Gasteiger partial charge >= 0.3 is 0 Å². The van der Waals surface area contributed by atoms with E-state index in [0.717, 1.165) is 44.9 Å². The molecule has 1 saturated heterocycles. The predicted octanol–water partition coefficient (Wildman–Crippen LogP) is 3.48. The zero-order valence-electron chi connectivity index (χ0n) is 17.1. The van der Waals surface area contributed by atoms with Crippen LogP contribution < -0.4 is 0 Å². The molecule has 27 heavy (non-hydrogen) atoms. The quantitative estimate of drug-likeness (QED) is 0.567. The molecule has 8 atom stereocenters. The molecular weight excluding hydrogens is 338 g/mol. The van der Waals surface area contributed by atoms with Gasteiger partial charge in [-0.2, -0.15) is 0 Å². The van der Waals surface area contributed by atoms with Gasteiger partial charge in [0.25, 0.3) is 0 Å². The highest BCUT2D eigenvalue weighted by atomic mass is 16.3. The summed E-state index contributed by atoms with van der Waals surface area (Å²) in [5.74, 6) is 2.07. The fourth-order valence-corrected chi connectivity index (χ4v) is 8.66. The van der Waals surface area contributed by atoms with Crippen LogP contribution in [-0.4, -0.2) is 39.4 Å². The first-order chi connectivity index (χ1) is 12.7. The largest absolute Gasteiger partial charge is 0.393 e. The highest BCUT2D eigenvalue weighted by Gasteiger charge is 2.82. The Bertz CT molecular complexity index is 759. The van der Waals surface area contributed by atoms with Crippen molar-refractivity contribution in [3.05, 3.63) is 11.6 Å². The molecule has 0 aromatic heterocycles. The zero-order valence-corrected chi connectivity index (χ0v) is 17.1. The monoisotopic (exact) mass is 371 g/mol. The lowest BCUT2D eigenvalue weighted by molar-refractivity contribution is -0.139. The van der Waals surface area contributed by atoms with Crippen LogP contribution in [0.4, 0.5) is 0 Å². The number of nitrogens with zero attached hydrogens (tertiary/aromatic N) is 1. The van der Waals surface area contributed by atoms with E-state index in [1.165, 1.54) is 5.57 Å². The Morgan fingerprint density at radius 3 is 2.56 bits per heavy atom. The van der Waals surface area contributed by atoms with Gasteiger partial charge in [-0.3, -0.25) is 9.59 Å². The molecule has 4 heteroatoms. The number of aliphatic hydroxyl groups excluding tert-OH is 1. The van der Waals surface area contributed by atoms with Crippen molar-refractivity contribution in [3.63, 3.8) is 0 Å². The number of likely N-dealkylation sites (tertiary alicyclic amines) is 1. The second-order valence-electron chi connectivity index (χ2n) is 10.6. The van der Waals surface area contributed by atoms with Crippen molar-refractivity contribution < 1.29 is 14.7 Å². The third-order valence-electron chi connectivity index (χ3n) is 9.80. The standard InChI is InChI=1S/C23H33NO3/c1-13(25)23-20(24(23)14(2)26)12-19-17-6-5-15-11-16(27)7-9-21(15,3)18(17)8-10-22(19,23)4/h5,16-20,27H,6-12H2,1-4H3/t16-,17+,18-,19+,20+,21-,22-,23+,24?/m0/s1. The average Bonchev–Trinajstić information content (AvgIpc) is 3.21. The molecule has 0 spiro atoms. The Morgan fingerprint density at radius 2 is 1.89 bits per heavy atom. The highest BCUT2D eigenvalue weighted by molar-refractivity contribution is 5.99. The van der Waals surface area contributed by atoms with Gasteiger partial charge in [-0.1, -0.05) is 25.5 Å². The van der Waals surface area contributed by atoms with Gasteiger partial charge in [0.05, 0.1) is 12.1 Å². The van der Waals surface area contributed by atoms with Crippen LogP contribution in [0, 0.1) is 28.6 Å². The molecule has 4 fully saturated rings. The fraction of sp³-hybridized carbons (Fsp3) is 0.826. The third kappa shape index (κ3) is 1.89. The fourth-order valence-electron chi connectivity index (χ4n) is 8.66. The van der Waals surface area contributed by atoms with Gasteiger partial charge in [-0.25, -0.2) is 0 Å². The summed E-state index contributed by atoms with van der Waals surface area (Å²) in [4.78, 5) is 27.0. The molecule has 0 unspecified atom stereocenters. The second-order valence-corrected chi connectivity index (χ2v) is 10.6. The molecule has 1 N–H and O–H groups in total. The van der Waals surface area contributed by atoms with E-state index in [0.29, 0.717) is 17.8 Å². The predicted molar refractivity (Wildman–Crippen MR) is 103 cm³/mol. The molecule has 1 aliphatic heterocycles. The number of hydrogen-bond donors (Lipinski definition) is 1. The topological polar surface area (TPSA) is 57.4 Å². The van der Waals surface area contributed by atoms with E-state index in [2.05, 4.69) is 19.9 Å². The summed E-state index contributed by atoms with van der Waals surface area (Å²) >= 11 is 0. The van der Waals surface area contributed by atoms with Crippen molar-refractivity contribution >= 4 is 11.7 Å². The van der Waals surface area contributed by atoms with E-state index in [9.17, 15) is 14.7 Å². The first-order valence-corrected chi connectivity index (χ1v) is 10.9. The summed E-state index contributed by atoms with van der Waals surface area (Å²) in [6.07, 6.45) is 9.39.